The van der Waals surface area contributed by atoms with Crippen molar-refractivity contribution < 1.29 is 0 Å². The van der Waals surface area contributed by atoms with Crippen molar-refractivity contribution in [3.63, 3.8) is 0 Å². The lowest BCUT2D eigenvalue weighted by Gasteiger charge is -2.00. The van der Waals surface area contributed by atoms with Gasteiger partial charge in [0.2, 0.25) is 0 Å². The Morgan fingerprint density at radius 2 is 1.81 bits per heavy atom. The van der Waals surface area contributed by atoms with E-state index in [4.69, 9.17) is 0 Å². The van der Waals surface area contributed by atoms with Crippen LogP contribution in [0.3, 0.4) is 0 Å². The fraction of sp³-hybridized carbons (Fsp3) is 0.0714. The third kappa shape index (κ3) is 1.31. The molecule has 0 aliphatic rings. The van der Waals surface area contributed by atoms with Crippen LogP contribution < -0.4 is 0 Å². The molecule has 0 radical (unpaired) electrons. The van der Waals surface area contributed by atoms with Crippen LogP contribution in [-0.4, -0.2) is 9.97 Å². The summed E-state index contributed by atoms with van der Waals surface area (Å²) < 4.78 is 0. The Labute approximate surface area is 94.0 Å². The molecule has 0 spiro atoms. The molecule has 1 N–H and O–H groups in total. The molecule has 0 atom stereocenters. The molecule has 2 heterocycles. The first kappa shape index (κ1) is 9.16. The number of fused-ring (bicyclic) bond motifs is 1. The van der Waals surface area contributed by atoms with Gasteiger partial charge in [-0.2, -0.15) is 0 Å². The maximum Gasteiger partial charge on any atom is 0.138 e. The lowest BCUT2D eigenvalue weighted by Crippen LogP contribution is -1.78. The predicted molar refractivity (Wildman–Crippen MR) is 66.3 cm³/mol. The normalized spacial score (nSPS) is 10.8. The van der Waals surface area contributed by atoms with Crippen molar-refractivity contribution in [3.05, 3.63) is 54.4 Å². The van der Waals surface area contributed by atoms with Crippen LogP contribution in [0.15, 0.2) is 48.7 Å². The highest BCUT2D eigenvalue weighted by molar-refractivity contribution is 5.95. The Balaban J connectivity index is 2.35. The zero-order valence-electron chi connectivity index (χ0n) is 9.07. The molecule has 0 amide bonds. The van der Waals surface area contributed by atoms with E-state index in [2.05, 4.69) is 47.2 Å². The molecule has 0 saturated heterocycles. The number of H-pyrrole nitrogens is 1. The topological polar surface area (TPSA) is 28.7 Å². The van der Waals surface area contributed by atoms with Crippen molar-refractivity contribution in [3.8, 4) is 11.1 Å². The van der Waals surface area contributed by atoms with Gasteiger partial charge >= 0.3 is 0 Å². The van der Waals surface area contributed by atoms with Crippen molar-refractivity contribution in [2.24, 2.45) is 0 Å². The van der Waals surface area contributed by atoms with Crippen LogP contribution >= 0.6 is 0 Å². The van der Waals surface area contributed by atoms with E-state index in [1.165, 1.54) is 22.2 Å². The van der Waals surface area contributed by atoms with Gasteiger partial charge in [0.15, 0.2) is 0 Å². The van der Waals surface area contributed by atoms with Crippen molar-refractivity contribution >= 4 is 11.0 Å². The third-order valence-corrected chi connectivity index (χ3v) is 2.82. The van der Waals surface area contributed by atoms with Crippen LogP contribution in [0.5, 0.6) is 0 Å². The van der Waals surface area contributed by atoms with E-state index < -0.39 is 0 Å². The van der Waals surface area contributed by atoms with Gasteiger partial charge in [-0.1, -0.05) is 30.3 Å². The fourth-order valence-corrected chi connectivity index (χ4v) is 2.13. The number of hydrogen-bond acceptors (Lipinski definition) is 1. The molecule has 78 valence electrons. The Kier molecular flexibility index (Phi) is 2.00. The number of aryl methyl sites for hydroxylation is 1. The highest BCUT2D eigenvalue weighted by atomic mass is 14.9. The minimum absolute atomic E-state index is 0.957. The standard InChI is InChI=1S/C14H12N2/c1-10-13(11-6-3-2-4-7-11)12-8-5-9-15-14(12)16-10/h2-9H,1H3,(H,15,16). The van der Waals surface area contributed by atoms with Gasteiger partial charge in [0.1, 0.15) is 5.65 Å². The zero-order valence-corrected chi connectivity index (χ0v) is 9.07. The zero-order chi connectivity index (χ0) is 11.0. The average Bonchev–Trinajstić information content (AvgIpc) is 2.66. The molecule has 3 aromatic rings. The van der Waals surface area contributed by atoms with E-state index in [9.17, 15) is 0 Å². The van der Waals surface area contributed by atoms with Gasteiger partial charge in [0.05, 0.1) is 0 Å². The van der Waals surface area contributed by atoms with Crippen LogP contribution in [0.4, 0.5) is 0 Å². The summed E-state index contributed by atoms with van der Waals surface area (Å²) in [6, 6.07) is 14.5. The summed E-state index contributed by atoms with van der Waals surface area (Å²) in [6.45, 7) is 2.09. The van der Waals surface area contributed by atoms with Crippen molar-refractivity contribution in [2.45, 2.75) is 6.92 Å². The smallest absolute Gasteiger partial charge is 0.138 e. The summed E-state index contributed by atoms with van der Waals surface area (Å²) in [7, 11) is 0. The summed E-state index contributed by atoms with van der Waals surface area (Å²) >= 11 is 0. The predicted octanol–water partition coefficient (Wildman–Crippen LogP) is 3.54. The molecule has 3 rings (SSSR count). The second kappa shape index (κ2) is 3.49. The number of rotatable bonds is 1. The quantitative estimate of drug-likeness (QED) is 0.651. The van der Waals surface area contributed by atoms with E-state index in [1.807, 2.05) is 18.3 Å². The van der Waals surface area contributed by atoms with Gasteiger partial charge in [-0.25, -0.2) is 4.98 Å². The molecule has 0 aliphatic carbocycles. The maximum absolute atomic E-state index is 4.33. The van der Waals surface area contributed by atoms with Crippen LogP contribution in [0, 0.1) is 6.92 Å². The third-order valence-electron chi connectivity index (χ3n) is 2.82. The minimum atomic E-state index is 0.957. The number of aromatic amines is 1. The Morgan fingerprint density at radius 1 is 1.00 bits per heavy atom. The van der Waals surface area contributed by atoms with Crippen LogP contribution in [0.2, 0.25) is 0 Å². The van der Waals surface area contributed by atoms with Crippen LogP contribution in [0.1, 0.15) is 5.69 Å². The minimum Gasteiger partial charge on any atom is -0.343 e. The van der Waals surface area contributed by atoms with E-state index in [1.54, 1.807) is 0 Å². The first-order valence-electron chi connectivity index (χ1n) is 5.35. The van der Waals surface area contributed by atoms with Crippen molar-refractivity contribution in [2.75, 3.05) is 0 Å². The Hall–Kier alpha value is -2.09. The van der Waals surface area contributed by atoms with Gasteiger partial charge in [0, 0.05) is 22.8 Å². The molecule has 16 heavy (non-hydrogen) atoms. The van der Waals surface area contributed by atoms with E-state index in [-0.39, 0.29) is 0 Å². The van der Waals surface area contributed by atoms with Crippen molar-refractivity contribution in [1.82, 2.24) is 9.97 Å². The lowest BCUT2D eigenvalue weighted by molar-refractivity contribution is 1.25. The highest BCUT2D eigenvalue weighted by Gasteiger charge is 2.09. The summed E-state index contributed by atoms with van der Waals surface area (Å²) in [4.78, 5) is 7.65. The SMILES string of the molecule is Cc1[nH]c2ncccc2c1-c1ccccc1. The molecule has 0 saturated carbocycles. The number of nitrogens with one attached hydrogen (secondary N) is 1. The molecular weight excluding hydrogens is 196 g/mol. The van der Waals surface area contributed by atoms with Gasteiger partial charge < -0.3 is 4.98 Å². The van der Waals surface area contributed by atoms with E-state index in [0.29, 0.717) is 0 Å². The number of pyridine rings is 1. The maximum atomic E-state index is 4.33. The first-order valence-corrected chi connectivity index (χ1v) is 5.35. The number of nitrogens with zero attached hydrogens (tertiary/aromatic N) is 1. The second-order valence-electron chi connectivity index (χ2n) is 3.89. The number of hydrogen-bond donors (Lipinski definition) is 1. The molecule has 2 heteroatoms. The fourth-order valence-electron chi connectivity index (χ4n) is 2.13. The first-order chi connectivity index (χ1) is 7.86. The van der Waals surface area contributed by atoms with E-state index in [0.717, 1.165) is 5.65 Å². The van der Waals surface area contributed by atoms with E-state index >= 15 is 0 Å². The largest absolute Gasteiger partial charge is 0.343 e. The second-order valence-corrected chi connectivity index (χ2v) is 3.89. The van der Waals surface area contributed by atoms with Crippen molar-refractivity contribution in [1.29, 1.82) is 0 Å². The molecular formula is C14H12N2. The molecule has 0 bridgehead atoms. The summed E-state index contributed by atoms with van der Waals surface area (Å²) in [6.07, 6.45) is 1.81. The summed E-state index contributed by atoms with van der Waals surface area (Å²) in [5, 5.41) is 1.19. The number of benzene rings is 1. The van der Waals surface area contributed by atoms with Crippen LogP contribution in [-0.2, 0) is 0 Å². The molecule has 2 aromatic heterocycles. The number of aromatic nitrogens is 2. The molecule has 0 aliphatic heterocycles. The molecule has 0 fully saturated rings. The molecule has 1 aromatic carbocycles. The summed E-state index contributed by atoms with van der Waals surface area (Å²) in [5.41, 5.74) is 4.61. The molecule has 0 unspecified atom stereocenters. The molecule has 2 nitrogen and oxygen atoms in total. The Bertz CT molecular complexity index is 624. The average molecular weight is 208 g/mol. The van der Waals surface area contributed by atoms with Crippen LogP contribution in [0.25, 0.3) is 22.2 Å². The summed E-state index contributed by atoms with van der Waals surface area (Å²) in [5.74, 6) is 0. The van der Waals surface area contributed by atoms with Gasteiger partial charge in [-0.05, 0) is 24.6 Å². The van der Waals surface area contributed by atoms with Gasteiger partial charge in [-0.15, -0.1) is 0 Å². The monoisotopic (exact) mass is 208 g/mol. The highest BCUT2D eigenvalue weighted by Crippen LogP contribution is 2.30. The van der Waals surface area contributed by atoms with Gasteiger partial charge in [0.25, 0.3) is 0 Å². The lowest BCUT2D eigenvalue weighted by atomic mass is 10.0. The Morgan fingerprint density at radius 3 is 2.62 bits per heavy atom. The van der Waals surface area contributed by atoms with Gasteiger partial charge in [-0.3, -0.25) is 0 Å².